The molecule has 0 radical (unpaired) electrons. The molecule has 0 bridgehead atoms. The number of hydrogen-bond donors (Lipinski definition) is 0. The van der Waals surface area contributed by atoms with Crippen molar-refractivity contribution in [3.05, 3.63) is 74.2 Å². The van der Waals surface area contributed by atoms with Crippen molar-refractivity contribution in [1.82, 2.24) is 19.4 Å². The highest BCUT2D eigenvalue weighted by Crippen LogP contribution is 2.39. The average Bonchev–Trinajstić information content (AvgIpc) is 2.90. The van der Waals surface area contributed by atoms with Gasteiger partial charge in [-0.15, -0.1) is 10.2 Å². The van der Waals surface area contributed by atoms with Gasteiger partial charge in [-0.25, -0.2) is 9.48 Å². The molecule has 4 aromatic rings. The maximum atomic E-state index is 12.3. The Hall–Kier alpha value is -2.34. The Morgan fingerprint density at radius 2 is 1.27 bits per heavy atom. The van der Waals surface area contributed by atoms with Gasteiger partial charge < -0.3 is 0 Å². The molecule has 0 aliphatic heterocycles. The molecule has 2 aromatic heterocycles. The number of fused-ring (bicyclic) bond motifs is 1. The molecule has 0 unspecified atom stereocenters. The normalized spacial score (nSPS) is 11.2. The lowest BCUT2D eigenvalue weighted by molar-refractivity contribution is 0.718. The van der Waals surface area contributed by atoms with Crippen LogP contribution >= 0.6 is 34.8 Å². The van der Waals surface area contributed by atoms with Gasteiger partial charge in [0.2, 0.25) is 0 Å². The molecule has 0 spiro atoms. The van der Waals surface area contributed by atoms with Crippen LogP contribution in [-0.2, 0) is 7.05 Å². The van der Waals surface area contributed by atoms with E-state index in [2.05, 4.69) is 10.2 Å². The van der Waals surface area contributed by atoms with Gasteiger partial charge in [0.1, 0.15) is 0 Å². The molecule has 0 atom stereocenters. The number of halogens is 3. The molecule has 0 N–H and O–H groups in total. The van der Waals surface area contributed by atoms with Gasteiger partial charge >= 0.3 is 5.69 Å². The molecule has 0 saturated heterocycles. The van der Waals surface area contributed by atoms with E-state index in [1.165, 1.54) is 9.20 Å². The lowest BCUT2D eigenvalue weighted by Gasteiger charge is -2.12. The van der Waals surface area contributed by atoms with E-state index in [9.17, 15) is 4.79 Å². The van der Waals surface area contributed by atoms with Crippen LogP contribution in [0.4, 0.5) is 0 Å². The highest BCUT2D eigenvalue weighted by atomic mass is 35.5. The summed E-state index contributed by atoms with van der Waals surface area (Å²) in [4.78, 5) is 12.3. The molecule has 0 aliphatic carbocycles. The summed E-state index contributed by atoms with van der Waals surface area (Å²) in [5, 5.41) is 9.98. The second-order valence-corrected chi connectivity index (χ2v) is 6.93. The minimum atomic E-state index is -0.375. The van der Waals surface area contributed by atoms with Crippen molar-refractivity contribution in [2.75, 3.05) is 0 Å². The van der Waals surface area contributed by atoms with E-state index in [4.69, 9.17) is 34.8 Å². The van der Waals surface area contributed by atoms with Gasteiger partial charge in [-0.1, -0.05) is 59.1 Å². The van der Waals surface area contributed by atoms with Gasteiger partial charge in [0.15, 0.2) is 10.8 Å². The Balaban J connectivity index is 2.15. The number of hydrogen-bond acceptors (Lipinski definition) is 3. The third-order valence-corrected chi connectivity index (χ3v) is 4.81. The zero-order chi connectivity index (χ0) is 18.4. The van der Waals surface area contributed by atoms with Gasteiger partial charge in [0.05, 0.1) is 0 Å². The van der Waals surface area contributed by atoms with Crippen LogP contribution in [0.15, 0.2) is 53.3 Å². The summed E-state index contributed by atoms with van der Waals surface area (Å²) in [6, 6.07) is 14.5. The zero-order valence-corrected chi connectivity index (χ0v) is 15.7. The minimum absolute atomic E-state index is 0.194. The summed E-state index contributed by atoms with van der Waals surface area (Å²) in [6.45, 7) is 0. The van der Waals surface area contributed by atoms with E-state index in [0.717, 1.165) is 11.1 Å². The first-order chi connectivity index (χ1) is 12.5. The number of aromatic nitrogens is 4. The van der Waals surface area contributed by atoms with E-state index in [0.29, 0.717) is 26.8 Å². The molecular formula is C18H11Cl3N4O. The van der Waals surface area contributed by atoms with Crippen LogP contribution in [0.5, 0.6) is 0 Å². The predicted octanol–water partition coefficient (Wildman–Crippen LogP) is 4.72. The lowest BCUT2D eigenvalue weighted by atomic mass is 9.97. The first-order valence-corrected chi connectivity index (χ1v) is 8.76. The average molecular weight is 406 g/mol. The summed E-state index contributed by atoms with van der Waals surface area (Å²) < 4.78 is 2.43. The van der Waals surface area contributed by atoms with Gasteiger partial charge in [-0.3, -0.25) is 0 Å². The fourth-order valence-electron chi connectivity index (χ4n) is 2.82. The Bertz CT molecular complexity index is 1180. The SMILES string of the molecule is Cn1nc2c(-c3ccc(Cl)cc3)c(-c3ccc(Cl)cc3)c(Cl)nn2c1=O. The Morgan fingerprint density at radius 3 is 1.81 bits per heavy atom. The molecule has 0 aliphatic rings. The van der Waals surface area contributed by atoms with Crippen LogP contribution in [0, 0.1) is 0 Å². The standard InChI is InChI=1S/C18H11Cl3N4O/c1-24-18(26)25-17(23-24)15(11-4-8-13(20)9-5-11)14(16(21)22-25)10-2-6-12(19)7-3-10/h2-9H,1H3. The summed E-state index contributed by atoms with van der Waals surface area (Å²) in [5.41, 5.74) is 3.04. The zero-order valence-electron chi connectivity index (χ0n) is 13.4. The monoisotopic (exact) mass is 404 g/mol. The molecule has 26 heavy (non-hydrogen) atoms. The molecule has 130 valence electrons. The van der Waals surface area contributed by atoms with Crippen molar-refractivity contribution in [2.24, 2.45) is 7.05 Å². The van der Waals surface area contributed by atoms with E-state index in [-0.39, 0.29) is 10.8 Å². The third kappa shape index (κ3) is 2.78. The molecular weight excluding hydrogens is 395 g/mol. The highest BCUT2D eigenvalue weighted by Gasteiger charge is 2.21. The second-order valence-electron chi connectivity index (χ2n) is 5.70. The van der Waals surface area contributed by atoms with Crippen LogP contribution in [0.3, 0.4) is 0 Å². The first kappa shape index (κ1) is 17.1. The third-order valence-electron chi connectivity index (χ3n) is 4.04. The summed E-state index contributed by atoms with van der Waals surface area (Å²) >= 11 is 18.5. The van der Waals surface area contributed by atoms with Crippen LogP contribution in [0.25, 0.3) is 27.9 Å². The van der Waals surface area contributed by atoms with Gasteiger partial charge in [-0.2, -0.15) is 4.52 Å². The van der Waals surface area contributed by atoms with Gasteiger partial charge in [0, 0.05) is 28.2 Å². The van der Waals surface area contributed by atoms with Crippen molar-refractivity contribution >= 4 is 40.4 Å². The van der Waals surface area contributed by atoms with Crippen molar-refractivity contribution < 1.29 is 0 Å². The smallest absolute Gasteiger partial charge is 0.244 e. The maximum absolute atomic E-state index is 12.3. The van der Waals surface area contributed by atoms with E-state index >= 15 is 0 Å². The molecule has 8 heteroatoms. The molecule has 2 heterocycles. The van der Waals surface area contributed by atoms with Crippen molar-refractivity contribution in [2.45, 2.75) is 0 Å². The molecule has 2 aromatic carbocycles. The number of benzene rings is 2. The fraction of sp³-hybridized carbons (Fsp3) is 0.0556. The summed E-state index contributed by atoms with van der Waals surface area (Å²) in [5.74, 6) is 0. The molecule has 4 rings (SSSR count). The number of rotatable bonds is 2. The molecule has 5 nitrogen and oxygen atoms in total. The lowest BCUT2D eigenvalue weighted by Crippen LogP contribution is -2.19. The highest BCUT2D eigenvalue weighted by molar-refractivity contribution is 6.33. The van der Waals surface area contributed by atoms with Crippen molar-refractivity contribution in [3.8, 4) is 22.3 Å². The largest absolute Gasteiger partial charge is 0.366 e. The quantitative estimate of drug-likeness (QED) is 0.485. The minimum Gasteiger partial charge on any atom is -0.244 e. The molecule has 0 amide bonds. The summed E-state index contributed by atoms with van der Waals surface area (Å²) in [6.07, 6.45) is 0. The van der Waals surface area contributed by atoms with Gasteiger partial charge in [-0.05, 0) is 35.4 Å². The summed E-state index contributed by atoms with van der Waals surface area (Å²) in [7, 11) is 1.57. The van der Waals surface area contributed by atoms with Crippen LogP contribution in [-0.4, -0.2) is 19.4 Å². The van der Waals surface area contributed by atoms with Crippen molar-refractivity contribution in [1.29, 1.82) is 0 Å². The number of nitrogens with zero attached hydrogens (tertiary/aromatic N) is 4. The van der Waals surface area contributed by atoms with E-state index in [1.807, 2.05) is 24.3 Å². The van der Waals surface area contributed by atoms with Crippen LogP contribution in [0.2, 0.25) is 15.2 Å². The Kier molecular flexibility index (Phi) is 4.23. The topological polar surface area (TPSA) is 52.2 Å². The second kappa shape index (κ2) is 6.43. The first-order valence-electron chi connectivity index (χ1n) is 7.63. The van der Waals surface area contributed by atoms with Crippen LogP contribution < -0.4 is 5.69 Å². The maximum Gasteiger partial charge on any atom is 0.366 e. The van der Waals surface area contributed by atoms with Gasteiger partial charge in [0.25, 0.3) is 0 Å². The number of aryl methyl sites for hydroxylation is 1. The van der Waals surface area contributed by atoms with E-state index in [1.54, 1.807) is 31.3 Å². The fourth-order valence-corrected chi connectivity index (χ4v) is 3.35. The molecule has 0 fully saturated rings. The van der Waals surface area contributed by atoms with E-state index < -0.39 is 0 Å². The molecule has 0 saturated carbocycles. The Labute approximate surface area is 163 Å². The Morgan fingerprint density at radius 1 is 0.769 bits per heavy atom. The van der Waals surface area contributed by atoms with Crippen molar-refractivity contribution in [3.63, 3.8) is 0 Å². The predicted molar refractivity (Wildman–Crippen MR) is 104 cm³/mol. The van der Waals surface area contributed by atoms with Crippen LogP contribution in [0.1, 0.15) is 0 Å².